The van der Waals surface area contributed by atoms with Crippen molar-refractivity contribution < 1.29 is 39.8 Å². The van der Waals surface area contributed by atoms with Gasteiger partial charge in [0.15, 0.2) is 6.29 Å². The molecule has 0 spiro atoms. The van der Waals surface area contributed by atoms with Crippen LogP contribution in [0, 0.1) is 0 Å². The number of carbonyl (C=O) groups is 1. The Morgan fingerprint density at radius 2 is 1.19 bits per heavy atom. The monoisotopic (exact) mass is 682 g/mol. The highest BCUT2D eigenvalue weighted by atomic mass is 16.7. The van der Waals surface area contributed by atoms with Gasteiger partial charge < -0.3 is 40.3 Å². The first-order chi connectivity index (χ1) is 23.3. The number of ether oxygens (including phenoxy) is 2. The van der Waals surface area contributed by atoms with E-state index in [2.05, 4.69) is 43.5 Å². The molecule has 1 heterocycles. The highest BCUT2D eigenvalue weighted by Gasteiger charge is 2.44. The van der Waals surface area contributed by atoms with E-state index in [1.165, 1.54) is 70.6 Å². The third-order valence-electron chi connectivity index (χ3n) is 8.95. The van der Waals surface area contributed by atoms with Crippen LogP contribution in [0.1, 0.15) is 149 Å². The molecule has 1 aliphatic rings. The summed E-state index contributed by atoms with van der Waals surface area (Å²) in [5.74, 6) is -0.203. The van der Waals surface area contributed by atoms with Crippen LogP contribution < -0.4 is 5.32 Å². The Kier molecular flexibility index (Phi) is 28.0. The van der Waals surface area contributed by atoms with Crippen LogP contribution in [0.15, 0.2) is 36.5 Å². The van der Waals surface area contributed by atoms with Crippen molar-refractivity contribution in [3.05, 3.63) is 36.5 Å². The van der Waals surface area contributed by atoms with Crippen molar-refractivity contribution in [2.45, 2.75) is 192 Å². The number of allylic oxidation sites excluding steroid dienone is 5. The first-order valence-electron chi connectivity index (χ1n) is 19.2. The van der Waals surface area contributed by atoms with Gasteiger partial charge in [0.25, 0.3) is 0 Å². The number of hydrogen-bond acceptors (Lipinski definition) is 8. The van der Waals surface area contributed by atoms with Crippen LogP contribution in [0.3, 0.4) is 0 Å². The molecule has 280 valence electrons. The second-order valence-corrected chi connectivity index (χ2v) is 13.4. The third kappa shape index (κ3) is 21.5. The lowest BCUT2D eigenvalue weighted by molar-refractivity contribution is -0.302. The van der Waals surface area contributed by atoms with Crippen LogP contribution in [0.5, 0.6) is 0 Å². The van der Waals surface area contributed by atoms with Crippen LogP contribution in [0.4, 0.5) is 0 Å². The summed E-state index contributed by atoms with van der Waals surface area (Å²) in [6.45, 7) is 3.65. The summed E-state index contributed by atoms with van der Waals surface area (Å²) in [6, 6.07) is -0.820. The third-order valence-corrected chi connectivity index (χ3v) is 8.95. The molecule has 0 aromatic rings. The summed E-state index contributed by atoms with van der Waals surface area (Å²) in [6.07, 6.45) is 27.9. The molecule has 0 aliphatic carbocycles. The minimum atomic E-state index is -1.57. The topological polar surface area (TPSA) is 149 Å². The maximum absolute atomic E-state index is 12.7. The van der Waals surface area contributed by atoms with Gasteiger partial charge in [-0.2, -0.15) is 0 Å². The van der Waals surface area contributed by atoms with E-state index in [1.54, 1.807) is 6.08 Å². The Morgan fingerprint density at radius 3 is 1.75 bits per heavy atom. The molecule has 0 aromatic carbocycles. The predicted octanol–water partition coefficient (Wildman–Crippen LogP) is 6.55. The number of aliphatic hydroxyl groups excluding tert-OH is 5. The van der Waals surface area contributed by atoms with Gasteiger partial charge >= 0.3 is 0 Å². The molecule has 1 fully saturated rings. The zero-order chi connectivity index (χ0) is 35.2. The SMILES string of the molecule is CCCCCCCCCCC/C=C/CC/C=C/CC/C=C/C(O)C(COC1OC(CO)C(O)C(O)C1O)NC(=O)CCCCCCCC. The molecule has 9 heteroatoms. The first kappa shape index (κ1) is 44.4. The summed E-state index contributed by atoms with van der Waals surface area (Å²) >= 11 is 0. The summed E-state index contributed by atoms with van der Waals surface area (Å²) in [4.78, 5) is 12.7. The fraction of sp³-hybridized carbons (Fsp3) is 0.821. The van der Waals surface area contributed by atoms with Crippen molar-refractivity contribution >= 4 is 5.91 Å². The number of carbonyl (C=O) groups excluding carboxylic acids is 1. The maximum atomic E-state index is 12.7. The van der Waals surface area contributed by atoms with E-state index in [4.69, 9.17) is 9.47 Å². The van der Waals surface area contributed by atoms with Gasteiger partial charge in [0, 0.05) is 6.42 Å². The Bertz CT molecular complexity index is 848. The largest absolute Gasteiger partial charge is 0.394 e. The van der Waals surface area contributed by atoms with Gasteiger partial charge in [-0.1, -0.05) is 134 Å². The molecule has 0 radical (unpaired) electrons. The number of nitrogens with one attached hydrogen (secondary N) is 1. The molecule has 1 aliphatic heterocycles. The summed E-state index contributed by atoms with van der Waals surface area (Å²) in [5.41, 5.74) is 0. The molecule has 1 rings (SSSR count). The summed E-state index contributed by atoms with van der Waals surface area (Å²) in [7, 11) is 0. The van der Waals surface area contributed by atoms with E-state index in [0.29, 0.717) is 6.42 Å². The standard InChI is InChI=1S/C39H71NO8/c1-3-5-7-9-11-12-13-14-15-16-17-18-19-20-21-22-23-24-26-28-33(42)32(40-35(43)29-27-25-10-8-6-4-2)31-47-39-38(46)37(45)36(44)34(30-41)48-39/h17-18,21-22,26,28,32-34,36-39,41-42,44-46H,3-16,19-20,23-25,27,29-31H2,1-2H3,(H,40,43)/b18-17+,22-21+,28-26+. The molecule has 7 unspecified atom stereocenters. The molecule has 0 bridgehead atoms. The normalized spacial score (nSPS) is 23.0. The van der Waals surface area contributed by atoms with E-state index in [1.807, 2.05) is 6.08 Å². The van der Waals surface area contributed by atoms with E-state index in [-0.39, 0.29) is 12.5 Å². The highest BCUT2D eigenvalue weighted by molar-refractivity contribution is 5.76. The van der Waals surface area contributed by atoms with E-state index >= 15 is 0 Å². The molecule has 9 nitrogen and oxygen atoms in total. The van der Waals surface area contributed by atoms with Crippen molar-refractivity contribution in [1.29, 1.82) is 0 Å². The van der Waals surface area contributed by atoms with Gasteiger partial charge in [-0.3, -0.25) is 4.79 Å². The van der Waals surface area contributed by atoms with Gasteiger partial charge in [-0.05, 0) is 44.9 Å². The van der Waals surface area contributed by atoms with Crippen LogP contribution >= 0.6 is 0 Å². The zero-order valence-corrected chi connectivity index (χ0v) is 30.2. The Morgan fingerprint density at radius 1 is 0.688 bits per heavy atom. The molecule has 7 atom stereocenters. The number of aliphatic hydroxyl groups is 5. The van der Waals surface area contributed by atoms with Gasteiger partial charge in [0.2, 0.25) is 5.91 Å². The maximum Gasteiger partial charge on any atom is 0.220 e. The predicted molar refractivity (Wildman–Crippen MR) is 193 cm³/mol. The zero-order valence-electron chi connectivity index (χ0n) is 30.2. The van der Waals surface area contributed by atoms with Crippen LogP contribution in [-0.4, -0.2) is 87.5 Å². The smallest absolute Gasteiger partial charge is 0.220 e. The lowest BCUT2D eigenvalue weighted by atomic mass is 9.99. The van der Waals surface area contributed by atoms with E-state index in [9.17, 15) is 30.3 Å². The molecule has 0 aromatic heterocycles. The molecular weight excluding hydrogens is 610 g/mol. The first-order valence-corrected chi connectivity index (χ1v) is 19.2. The van der Waals surface area contributed by atoms with Crippen molar-refractivity contribution in [3.63, 3.8) is 0 Å². The Balaban J connectivity index is 2.42. The Hall–Kier alpha value is -1.59. The molecule has 1 saturated heterocycles. The number of hydrogen-bond donors (Lipinski definition) is 6. The second-order valence-electron chi connectivity index (χ2n) is 13.4. The number of unbranched alkanes of at least 4 members (excludes halogenated alkanes) is 16. The van der Waals surface area contributed by atoms with Crippen molar-refractivity contribution in [3.8, 4) is 0 Å². The average Bonchev–Trinajstić information content (AvgIpc) is 3.08. The van der Waals surface area contributed by atoms with Crippen LogP contribution in [0.25, 0.3) is 0 Å². The molecule has 1 amide bonds. The van der Waals surface area contributed by atoms with E-state index in [0.717, 1.165) is 57.8 Å². The molecular formula is C39H71NO8. The quantitative estimate of drug-likeness (QED) is 0.0370. The van der Waals surface area contributed by atoms with Gasteiger partial charge in [0.05, 0.1) is 25.4 Å². The number of rotatable bonds is 30. The van der Waals surface area contributed by atoms with Crippen molar-refractivity contribution in [2.24, 2.45) is 0 Å². The van der Waals surface area contributed by atoms with E-state index < -0.39 is 49.5 Å². The minimum absolute atomic E-state index is 0.203. The molecule has 48 heavy (non-hydrogen) atoms. The summed E-state index contributed by atoms with van der Waals surface area (Å²) < 4.78 is 11.1. The van der Waals surface area contributed by atoms with Gasteiger partial charge in [-0.15, -0.1) is 0 Å². The number of amides is 1. The van der Waals surface area contributed by atoms with Crippen LogP contribution in [-0.2, 0) is 14.3 Å². The summed E-state index contributed by atoms with van der Waals surface area (Å²) in [5, 5.41) is 53.7. The van der Waals surface area contributed by atoms with Gasteiger partial charge in [0.1, 0.15) is 24.4 Å². The van der Waals surface area contributed by atoms with Crippen LogP contribution in [0.2, 0.25) is 0 Å². The minimum Gasteiger partial charge on any atom is -0.394 e. The van der Waals surface area contributed by atoms with Gasteiger partial charge in [-0.25, -0.2) is 0 Å². The fourth-order valence-electron chi connectivity index (χ4n) is 5.77. The molecule has 0 saturated carbocycles. The van der Waals surface area contributed by atoms with Crippen molar-refractivity contribution in [2.75, 3.05) is 13.2 Å². The fourth-order valence-corrected chi connectivity index (χ4v) is 5.77. The Labute approximate surface area is 291 Å². The molecule has 6 N–H and O–H groups in total. The van der Waals surface area contributed by atoms with Crippen molar-refractivity contribution in [1.82, 2.24) is 5.32 Å². The second kappa shape index (κ2) is 30.3. The lowest BCUT2D eigenvalue weighted by Crippen LogP contribution is -2.60. The lowest BCUT2D eigenvalue weighted by Gasteiger charge is -2.40. The average molecular weight is 682 g/mol. The highest BCUT2D eigenvalue weighted by Crippen LogP contribution is 2.22.